The minimum atomic E-state index is -1.84. The molecule has 1 N–H and O–H groups in total. The number of hydrogen-bond acceptors (Lipinski definition) is 2. The van der Waals surface area contributed by atoms with E-state index < -0.39 is 34.7 Å². The van der Waals surface area contributed by atoms with Crippen LogP contribution in [0.3, 0.4) is 0 Å². The molecule has 0 unspecified atom stereocenters. The molecule has 0 saturated carbocycles. The lowest BCUT2D eigenvalue weighted by molar-refractivity contribution is 0.0689. The van der Waals surface area contributed by atoms with Crippen molar-refractivity contribution in [1.29, 1.82) is 0 Å². The van der Waals surface area contributed by atoms with Gasteiger partial charge in [-0.05, 0) is 6.42 Å². The highest BCUT2D eigenvalue weighted by molar-refractivity contribution is 5.88. The second-order valence-corrected chi connectivity index (χ2v) is 3.37. The summed E-state index contributed by atoms with van der Waals surface area (Å²) in [5.41, 5.74) is -0.949. The Morgan fingerprint density at radius 2 is 1.94 bits per heavy atom. The SMILES string of the molecule is CCCCOc1cc(C(=O)O)c(F)c(F)c1F. The third-order valence-electron chi connectivity index (χ3n) is 2.10. The molecule has 0 fully saturated rings. The van der Waals surface area contributed by atoms with Gasteiger partial charge >= 0.3 is 5.97 Å². The minimum Gasteiger partial charge on any atom is -0.490 e. The Balaban J connectivity index is 3.09. The first-order valence-electron chi connectivity index (χ1n) is 5.02. The lowest BCUT2D eigenvalue weighted by Crippen LogP contribution is -2.08. The molecule has 17 heavy (non-hydrogen) atoms. The lowest BCUT2D eigenvalue weighted by atomic mass is 10.2. The van der Waals surface area contributed by atoms with Crippen molar-refractivity contribution >= 4 is 5.97 Å². The summed E-state index contributed by atoms with van der Waals surface area (Å²) in [5, 5.41) is 8.59. The van der Waals surface area contributed by atoms with E-state index in [1.54, 1.807) is 0 Å². The van der Waals surface area contributed by atoms with Gasteiger partial charge in [0.25, 0.3) is 0 Å². The zero-order chi connectivity index (χ0) is 13.0. The molecule has 94 valence electrons. The van der Waals surface area contributed by atoms with Crippen molar-refractivity contribution in [2.45, 2.75) is 19.8 Å². The maximum atomic E-state index is 13.2. The van der Waals surface area contributed by atoms with Gasteiger partial charge in [-0.3, -0.25) is 0 Å². The Kier molecular flexibility index (Phi) is 4.37. The van der Waals surface area contributed by atoms with Gasteiger partial charge in [0, 0.05) is 6.07 Å². The molecule has 1 rings (SSSR count). The van der Waals surface area contributed by atoms with E-state index in [0.717, 1.165) is 6.42 Å². The van der Waals surface area contributed by atoms with Crippen LogP contribution in [0.5, 0.6) is 5.75 Å². The Labute approximate surface area is 95.8 Å². The topological polar surface area (TPSA) is 46.5 Å². The van der Waals surface area contributed by atoms with Crippen molar-refractivity contribution in [3.63, 3.8) is 0 Å². The molecule has 6 heteroatoms. The number of unbranched alkanes of at least 4 members (excludes halogenated alkanes) is 1. The van der Waals surface area contributed by atoms with Crippen LogP contribution in [0.4, 0.5) is 13.2 Å². The molecule has 1 aromatic rings. The van der Waals surface area contributed by atoms with E-state index in [2.05, 4.69) is 0 Å². The van der Waals surface area contributed by atoms with Crippen molar-refractivity contribution in [3.05, 3.63) is 29.1 Å². The Morgan fingerprint density at radius 1 is 1.29 bits per heavy atom. The van der Waals surface area contributed by atoms with Crippen LogP contribution in [-0.2, 0) is 0 Å². The van der Waals surface area contributed by atoms with Crippen molar-refractivity contribution in [3.8, 4) is 5.75 Å². The van der Waals surface area contributed by atoms with E-state index in [9.17, 15) is 18.0 Å². The number of benzene rings is 1. The van der Waals surface area contributed by atoms with Crippen molar-refractivity contribution in [2.24, 2.45) is 0 Å². The normalized spacial score (nSPS) is 10.4. The van der Waals surface area contributed by atoms with Crippen molar-refractivity contribution < 1.29 is 27.8 Å². The molecule has 3 nitrogen and oxygen atoms in total. The summed E-state index contributed by atoms with van der Waals surface area (Å²) in [5.74, 6) is -7.34. The number of carboxylic acids is 1. The van der Waals surface area contributed by atoms with Gasteiger partial charge < -0.3 is 9.84 Å². The first-order chi connectivity index (χ1) is 7.99. The Bertz CT molecular complexity index is 432. The second kappa shape index (κ2) is 5.56. The van der Waals surface area contributed by atoms with Crippen LogP contribution in [0.25, 0.3) is 0 Å². The lowest BCUT2D eigenvalue weighted by Gasteiger charge is -2.09. The molecule has 0 aliphatic carbocycles. The van der Waals surface area contributed by atoms with E-state index in [0.29, 0.717) is 12.5 Å². The average molecular weight is 248 g/mol. The van der Waals surface area contributed by atoms with E-state index >= 15 is 0 Å². The summed E-state index contributed by atoms with van der Waals surface area (Å²) in [6.07, 6.45) is 1.37. The van der Waals surface area contributed by atoms with Gasteiger partial charge in [-0.1, -0.05) is 13.3 Å². The van der Waals surface area contributed by atoms with Crippen LogP contribution in [-0.4, -0.2) is 17.7 Å². The number of aromatic carboxylic acids is 1. The first kappa shape index (κ1) is 13.3. The zero-order valence-electron chi connectivity index (χ0n) is 9.10. The quantitative estimate of drug-likeness (QED) is 0.643. The van der Waals surface area contributed by atoms with Crippen LogP contribution in [0, 0.1) is 17.5 Å². The molecule has 0 atom stereocenters. The summed E-state index contributed by atoms with van der Waals surface area (Å²) in [4.78, 5) is 10.6. The van der Waals surface area contributed by atoms with E-state index in [4.69, 9.17) is 9.84 Å². The largest absolute Gasteiger partial charge is 0.490 e. The predicted octanol–water partition coefficient (Wildman–Crippen LogP) is 2.98. The maximum absolute atomic E-state index is 13.2. The second-order valence-electron chi connectivity index (χ2n) is 3.37. The molecule has 0 saturated heterocycles. The number of hydrogen-bond donors (Lipinski definition) is 1. The van der Waals surface area contributed by atoms with E-state index in [1.807, 2.05) is 6.92 Å². The molecule has 0 radical (unpaired) electrons. The number of rotatable bonds is 5. The fourth-order valence-electron chi connectivity index (χ4n) is 1.17. The summed E-state index contributed by atoms with van der Waals surface area (Å²) in [6, 6.07) is 0.645. The van der Waals surface area contributed by atoms with Gasteiger partial charge in [-0.25, -0.2) is 13.6 Å². The fraction of sp³-hybridized carbons (Fsp3) is 0.364. The molecule has 0 aliphatic heterocycles. The molecule has 0 aromatic heterocycles. The smallest absolute Gasteiger partial charge is 0.338 e. The van der Waals surface area contributed by atoms with Gasteiger partial charge in [0.1, 0.15) is 5.56 Å². The number of ether oxygens (including phenoxy) is 1. The van der Waals surface area contributed by atoms with Gasteiger partial charge in [-0.15, -0.1) is 0 Å². The maximum Gasteiger partial charge on any atom is 0.338 e. The molecule has 1 aromatic carbocycles. The van der Waals surface area contributed by atoms with Crippen LogP contribution in [0.2, 0.25) is 0 Å². The van der Waals surface area contributed by atoms with Crippen LogP contribution in [0.15, 0.2) is 6.07 Å². The van der Waals surface area contributed by atoms with Crippen LogP contribution in [0.1, 0.15) is 30.1 Å². The number of carbonyl (C=O) groups is 1. The van der Waals surface area contributed by atoms with Gasteiger partial charge in [-0.2, -0.15) is 4.39 Å². The summed E-state index contributed by atoms with van der Waals surface area (Å²) in [6.45, 7) is 1.98. The van der Waals surface area contributed by atoms with Crippen molar-refractivity contribution in [1.82, 2.24) is 0 Å². The van der Waals surface area contributed by atoms with Gasteiger partial charge in [0.2, 0.25) is 5.82 Å². The fourth-order valence-corrected chi connectivity index (χ4v) is 1.17. The minimum absolute atomic E-state index is 0.109. The molecule has 0 heterocycles. The van der Waals surface area contributed by atoms with Crippen LogP contribution < -0.4 is 4.74 Å². The summed E-state index contributed by atoms with van der Waals surface area (Å²) < 4.78 is 44.1. The zero-order valence-corrected chi connectivity index (χ0v) is 9.10. The van der Waals surface area contributed by atoms with Crippen molar-refractivity contribution in [2.75, 3.05) is 6.61 Å². The van der Waals surface area contributed by atoms with Crippen LogP contribution >= 0.6 is 0 Å². The summed E-state index contributed by atoms with van der Waals surface area (Å²) in [7, 11) is 0. The Morgan fingerprint density at radius 3 is 2.47 bits per heavy atom. The molecular weight excluding hydrogens is 237 g/mol. The highest BCUT2D eigenvalue weighted by atomic mass is 19.2. The first-order valence-corrected chi connectivity index (χ1v) is 5.02. The number of carboxylic acid groups (broad SMARTS) is 1. The average Bonchev–Trinajstić information content (AvgIpc) is 2.29. The monoisotopic (exact) mass is 248 g/mol. The molecular formula is C11H11F3O3. The highest BCUT2D eigenvalue weighted by Gasteiger charge is 2.23. The van der Waals surface area contributed by atoms with Gasteiger partial charge in [0.15, 0.2) is 17.4 Å². The molecule has 0 spiro atoms. The Hall–Kier alpha value is -1.72. The van der Waals surface area contributed by atoms with E-state index in [1.165, 1.54) is 0 Å². The highest BCUT2D eigenvalue weighted by Crippen LogP contribution is 2.25. The molecule has 0 amide bonds. The van der Waals surface area contributed by atoms with E-state index in [-0.39, 0.29) is 6.61 Å². The third-order valence-corrected chi connectivity index (χ3v) is 2.10. The predicted molar refractivity (Wildman–Crippen MR) is 53.7 cm³/mol. The standard InChI is InChI=1S/C11H11F3O3/c1-2-3-4-17-7-5-6(11(15)16)8(12)10(14)9(7)13/h5H,2-4H2,1H3,(H,15,16). The molecule has 0 bridgehead atoms. The number of halogens is 3. The summed E-state index contributed by atoms with van der Waals surface area (Å²) >= 11 is 0. The molecule has 0 aliphatic rings. The van der Waals surface area contributed by atoms with Gasteiger partial charge in [0.05, 0.1) is 6.61 Å². The third kappa shape index (κ3) is 2.89.